The second-order valence-corrected chi connectivity index (χ2v) is 7.88. The first kappa shape index (κ1) is 20.3. The number of fused-ring (bicyclic) bond motifs is 2. The fraction of sp³-hybridized carbons (Fsp3) is 0.353. The lowest BCUT2D eigenvalue weighted by molar-refractivity contribution is -0.181. The van der Waals surface area contributed by atoms with Crippen molar-refractivity contribution in [3.05, 3.63) is 47.4 Å². The highest BCUT2D eigenvalue weighted by atomic mass is 32.2. The van der Waals surface area contributed by atoms with Crippen molar-refractivity contribution in [2.45, 2.75) is 18.0 Å². The first-order valence-electron chi connectivity index (χ1n) is 8.01. The molecule has 152 valence electrons. The van der Waals surface area contributed by atoms with Gasteiger partial charge in [-0.15, -0.1) is 0 Å². The maximum Gasteiger partial charge on any atom is 0.402 e. The van der Waals surface area contributed by atoms with E-state index in [-0.39, 0.29) is 28.4 Å². The summed E-state index contributed by atoms with van der Waals surface area (Å²) >= 11 is 0. The molecule has 0 saturated carbocycles. The lowest BCUT2D eigenvalue weighted by atomic mass is 9.68. The first-order chi connectivity index (χ1) is 13.0. The molecule has 1 aromatic heterocycles. The molecule has 0 spiro atoms. The highest BCUT2D eigenvalue weighted by molar-refractivity contribution is 7.85. The van der Waals surface area contributed by atoms with E-state index < -0.39 is 40.6 Å². The summed E-state index contributed by atoms with van der Waals surface area (Å²) in [6.45, 7) is -0.752. The van der Waals surface area contributed by atoms with Gasteiger partial charge in [0.15, 0.2) is 0 Å². The molecule has 1 aromatic carbocycles. The lowest BCUT2D eigenvalue weighted by Crippen LogP contribution is -2.47. The van der Waals surface area contributed by atoms with E-state index in [0.717, 1.165) is 30.7 Å². The molecule has 3 rings (SSSR count). The van der Waals surface area contributed by atoms with Crippen LogP contribution in [0.3, 0.4) is 0 Å². The number of hydrogen-bond acceptors (Lipinski definition) is 6. The molecule has 0 saturated heterocycles. The number of ether oxygens (including phenoxy) is 1. The predicted molar refractivity (Wildman–Crippen MR) is 92.7 cm³/mol. The summed E-state index contributed by atoms with van der Waals surface area (Å²) in [7, 11) is -2.71. The maximum atomic E-state index is 14.5. The summed E-state index contributed by atoms with van der Waals surface area (Å²) in [6, 6.07) is 4.13. The fourth-order valence-corrected chi connectivity index (χ4v) is 3.78. The monoisotopic (exact) mass is 420 g/mol. The van der Waals surface area contributed by atoms with Crippen molar-refractivity contribution in [1.29, 1.82) is 0 Å². The number of alkyl halides is 3. The van der Waals surface area contributed by atoms with Gasteiger partial charge in [0.1, 0.15) is 16.9 Å². The van der Waals surface area contributed by atoms with Crippen molar-refractivity contribution in [3.8, 4) is 5.88 Å². The van der Waals surface area contributed by atoms with E-state index in [9.17, 15) is 26.0 Å². The van der Waals surface area contributed by atoms with Crippen LogP contribution in [0.5, 0.6) is 5.88 Å². The number of benzene rings is 1. The Morgan fingerprint density at radius 2 is 1.93 bits per heavy atom. The molecule has 1 aliphatic heterocycles. The van der Waals surface area contributed by atoms with Crippen molar-refractivity contribution in [3.63, 3.8) is 0 Å². The molecule has 0 bridgehead atoms. The largest absolute Gasteiger partial charge is 0.480 e. The van der Waals surface area contributed by atoms with Gasteiger partial charge in [0.2, 0.25) is 5.88 Å². The molecule has 0 fully saturated rings. The molecule has 11 heteroatoms. The molecule has 0 radical (unpaired) electrons. The number of anilines is 2. The molecule has 2 heterocycles. The van der Waals surface area contributed by atoms with Crippen LogP contribution in [0, 0.1) is 5.82 Å². The number of aromatic nitrogens is 1. The van der Waals surface area contributed by atoms with Gasteiger partial charge < -0.3 is 10.1 Å². The number of pyridine rings is 1. The van der Waals surface area contributed by atoms with E-state index in [1.165, 1.54) is 13.2 Å². The zero-order valence-corrected chi connectivity index (χ0v) is 15.6. The van der Waals surface area contributed by atoms with E-state index >= 15 is 0 Å². The van der Waals surface area contributed by atoms with E-state index in [2.05, 4.69) is 14.5 Å². The second-order valence-electron chi connectivity index (χ2n) is 6.24. The van der Waals surface area contributed by atoms with E-state index in [4.69, 9.17) is 4.74 Å². The SMILES string of the molecule is COc1nccc2c1Nc1ccc(F)cc1C2(CCOS(C)(=O)=O)C(F)(F)F. The third-order valence-electron chi connectivity index (χ3n) is 4.53. The van der Waals surface area contributed by atoms with E-state index in [0.29, 0.717) is 0 Å². The molecule has 0 amide bonds. The summed E-state index contributed by atoms with van der Waals surface area (Å²) in [6.07, 6.45) is -3.81. The van der Waals surface area contributed by atoms with Gasteiger partial charge >= 0.3 is 6.18 Å². The Bertz CT molecular complexity index is 1010. The highest BCUT2D eigenvalue weighted by Gasteiger charge is 2.60. The summed E-state index contributed by atoms with van der Waals surface area (Å²) < 4.78 is 89.7. The van der Waals surface area contributed by atoms with Crippen molar-refractivity contribution >= 4 is 21.5 Å². The summed E-state index contributed by atoms with van der Waals surface area (Å²) in [5.41, 5.74) is -3.39. The summed E-state index contributed by atoms with van der Waals surface area (Å²) in [5.74, 6) is -0.937. The highest BCUT2D eigenvalue weighted by Crippen LogP contribution is 2.57. The summed E-state index contributed by atoms with van der Waals surface area (Å²) in [4.78, 5) is 3.91. The Labute approximate surface area is 158 Å². The number of nitrogens with one attached hydrogen (secondary N) is 1. The van der Waals surface area contributed by atoms with Crippen LogP contribution in [-0.4, -0.2) is 39.6 Å². The number of hydrogen-bond donors (Lipinski definition) is 1. The zero-order valence-electron chi connectivity index (χ0n) is 14.8. The molecule has 1 unspecified atom stereocenters. The van der Waals surface area contributed by atoms with Crippen LogP contribution in [0.2, 0.25) is 0 Å². The number of nitrogens with zero attached hydrogens (tertiary/aromatic N) is 1. The quantitative estimate of drug-likeness (QED) is 0.589. The standard InChI is InChI=1S/C17H16F4N2O4S/c1-26-15-14-11(5-7-22-15)16(17(19,20)21,6-8-27-28(2,24)25)12-9-10(18)3-4-13(12)23-14/h3-5,7,9,23H,6,8H2,1-2H3. The molecule has 1 aliphatic rings. The average molecular weight is 420 g/mol. The third kappa shape index (κ3) is 3.39. The van der Waals surface area contributed by atoms with Crippen LogP contribution in [0.15, 0.2) is 30.5 Å². The minimum absolute atomic E-state index is 0.0110. The lowest BCUT2D eigenvalue weighted by Gasteiger charge is -2.42. The molecular weight excluding hydrogens is 404 g/mol. The Balaban J connectivity index is 2.29. The molecule has 2 aromatic rings. The number of methoxy groups -OCH3 is 1. The van der Waals surface area contributed by atoms with Gasteiger partial charge in [0, 0.05) is 17.4 Å². The third-order valence-corrected chi connectivity index (χ3v) is 5.12. The minimum Gasteiger partial charge on any atom is -0.480 e. The second kappa shape index (κ2) is 6.89. The average Bonchev–Trinajstić information content (AvgIpc) is 2.59. The molecule has 1 N–H and O–H groups in total. The van der Waals surface area contributed by atoms with E-state index in [1.54, 1.807) is 0 Å². The normalized spacial score (nSPS) is 18.8. The van der Waals surface area contributed by atoms with E-state index in [1.807, 2.05) is 0 Å². The Morgan fingerprint density at radius 3 is 2.54 bits per heavy atom. The fourth-order valence-electron chi connectivity index (χ4n) is 3.39. The smallest absolute Gasteiger partial charge is 0.402 e. The molecule has 0 aliphatic carbocycles. The van der Waals surface area contributed by atoms with Crippen LogP contribution in [0.1, 0.15) is 17.5 Å². The predicted octanol–water partition coefficient (Wildman–Crippen LogP) is 3.50. The van der Waals surface area contributed by atoms with Gasteiger partial charge in [0.05, 0.1) is 20.0 Å². The maximum absolute atomic E-state index is 14.5. The molecule has 1 atom stereocenters. The van der Waals surface area contributed by atoms with Gasteiger partial charge in [-0.2, -0.15) is 21.6 Å². The van der Waals surface area contributed by atoms with Gasteiger partial charge in [-0.1, -0.05) is 0 Å². The van der Waals surface area contributed by atoms with Crippen molar-refractivity contribution in [1.82, 2.24) is 4.98 Å². The van der Waals surface area contributed by atoms with Crippen LogP contribution in [0.25, 0.3) is 0 Å². The summed E-state index contributed by atoms with van der Waals surface area (Å²) in [5, 5.41) is 2.81. The molecular formula is C17H16F4N2O4S. The van der Waals surface area contributed by atoms with Crippen LogP contribution in [-0.2, 0) is 19.7 Å². The Morgan fingerprint density at radius 1 is 1.21 bits per heavy atom. The van der Waals surface area contributed by atoms with Gasteiger partial charge in [-0.25, -0.2) is 9.37 Å². The molecule has 6 nitrogen and oxygen atoms in total. The van der Waals surface area contributed by atoms with Crippen LogP contribution in [0.4, 0.5) is 28.9 Å². The van der Waals surface area contributed by atoms with Crippen molar-refractivity contribution < 1.29 is 34.9 Å². The topological polar surface area (TPSA) is 77.5 Å². The number of rotatable bonds is 5. The van der Waals surface area contributed by atoms with Crippen LogP contribution >= 0.6 is 0 Å². The van der Waals surface area contributed by atoms with Gasteiger partial charge in [0.25, 0.3) is 10.1 Å². The Hall–Kier alpha value is -2.40. The number of halogens is 4. The van der Waals surface area contributed by atoms with Crippen molar-refractivity contribution in [2.24, 2.45) is 0 Å². The first-order valence-corrected chi connectivity index (χ1v) is 9.83. The zero-order chi connectivity index (χ0) is 20.7. The molecule has 28 heavy (non-hydrogen) atoms. The van der Waals surface area contributed by atoms with Crippen LogP contribution < -0.4 is 10.1 Å². The Kier molecular flexibility index (Phi) is 5.00. The van der Waals surface area contributed by atoms with Crippen molar-refractivity contribution in [2.75, 3.05) is 25.3 Å². The van der Waals surface area contributed by atoms with Gasteiger partial charge in [-0.3, -0.25) is 4.18 Å². The van der Waals surface area contributed by atoms with Gasteiger partial charge in [-0.05, 0) is 36.2 Å². The minimum atomic E-state index is -4.90.